The fraction of sp³-hybridized carbons (Fsp3) is 0.667. The number of rotatable bonds is 7. The van der Waals surface area contributed by atoms with E-state index in [0.717, 1.165) is 7.05 Å². The minimum Gasteiger partial charge on any atom is -0.481 e. The molecule has 0 aliphatic carbocycles. The molecule has 0 bridgehead atoms. The Balaban J connectivity index is 4.42. The first kappa shape index (κ1) is 13.8. The third-order valence-electron chi connectivity index (χ3n) is 1.51. The summed E-state index contributed by atoms with van der Waals surface area (Å²) >= 11 is 0. The van der Waals surface area contributed by atoms with E-state index >= 15 is 0 Å². The SMILES string of the molecule is CNS(=O)(=O)NC(CCC(=O)O)C(=O)O. The zero-order chi connectivity index (χ0) is 12.1. The minimum atomic E-state index is -3.89. The van der Waals surface area contributed by atoms with E-state index in [2.05, 4.69) is 0 Å². The molecule has 0 saturated carbocycles. The Kier molecular flexibility index (Phi) is 5.19. The first-order valence-electron chi connectivity index (χ1n) is 3.94. The monoisotopic (exact) mass is 240 g/mol. The van der Waals surface area contributed by atoms with Gasteiger partial charge in [0.25, 0.3) is 10.2 Å². The van der Waals surface area contributed by atoms with Crippen LogP contribution in [0.4, 0.5) is 0 Å². The molecule has 0 amide bonds. The van der Waals surface area contributed by atoms with Gasteiger partial charge in [0, 0.05) is 13.5 Å². The van der Waals surface area contributed by atoms with Crippen LogP contribution >= 0.6 is 0 Å². The van der Waals surface area contributed by atoms with Gasteiger partial charge in [-0.1, -0.05) is 0 Å². The molecule has 15 heavy (non-hydrogen) atoms. The van der Waals surface area contributed by atoms with Gasteiger partial charge in [0.1, 0.15) is 6.04 Å². The molecule has 0 rings (SSSR count). The molecule has 0 aromatic heterocycles. The highest BCUT2D eigenvalue weighted by Crippen LogP contribution is 1.99. The first-order chi connectivity index (χ1) is 6.78. The standard InChI is InChI=1S/C6H12N2O6S/c1-7-15(13,14)8-4(6(11)12)2-3-5(9)10/h4,7-8H,2-3H2,1H3,(H,9,10)(H,11,12). The number of nitrogens with one attached hydrogen (secondary N) is 2. The van der Waals surface area contributed by atoms with Crippen LogP contribution in [0.25, 0.3) is 0 Å². The van der Waals surface area contributed by atoms with E-state index in [9.17, 15) is 18.0 Å². The van der Waals surface area contributed by atoms with E-state index in [1.54, 1.807) is 4.72 Å². The van der Waals surface area contributed by atoms with Crippen molar-refractivity contribution in [3.63, 3.8) is 0 Å². The Morgan fingerprint density at radius 3 is 2.20 bits per heavy atom. The molecule has 0 saturated heterocycles. The Morgan fingerprint density at radius 1 is 1.33 bits per heavy atom. The van der Waals surface area contributed by atoms with Gasteiger partial charge >= 0.3 is 11.9 Å². The van der Waals surface area contributed by atoms with Crippen molar-refractivity contribution in [3.05, 3.63) is 0 Å². The molecule has 0 fully saturated rings. The van der Waals surface area contributed by atoms with E-state index < -0.39 is 34.6 Å². The van der Waals surface area contributed by atoms with Crippen LogP contribution in [-0.2, 0) is 19.8 Å². The highest BCUT2D eigenvalue weighted by molar-refractivity contribution is 7.87. The summed E-state index contributed by atoms with van der Waals surface area (Å²) in [5.41, 5.74) is 0. The fourth-order valence-electron chi connectivity index (χ4n) is 0.747. The Hall–Kier alpha value is -1.19. The maximum Gasteiger partial charge on any atom is 0.321 e. The van der Waals surface area contributed by atoms with Gasteiger partial charge in [-0.25, -0.2) is 4.72 Å². The molecule has 1 unspecified atom stereocenters. The minimum absolute atomic E-state index is 0.314. The van der Waals surface area contributed by atoms with Crippen molar-refractivity contribution in [2.45, 2.75) is 18.9 Å². The molecule has 0 spiro atoms. The van der Waals surface area contributed by atoms with Gasteiger partial charge in [0.2, 0.25) is 0 Å². The molecule has 1 atom stereocenters. The van der Waals surface area contributed by atoms with E-state index in [1.807, 2.05) is 4.72 Å². The van der Waals surface area contributed by atoms with Gasteiger partial charge in [-0.3, -0.25) is 9.59 Å². The van der Waals surface area contributed by atoms with Crippen LogP contribution in [0, 0.1) is 0 Å². The Bertz CT molecular complexity index is 338. The lowest BCUT2D eigenvalue weighted by Crippen LogP contribution is -2.45. The normalized spacial score (nSPS) is 13.4. The average Bonchev–Trinajstić information content (AvgIpc) is 2.11. The largest absolute Gasteiger partial charge is 0.481 e. The summed E-state index contributed by atoms with van der Waals surface area (Å²) in [6, 6.07) is -1.45. The molecule has 0 aliphatic heterocycles. The van der Waals surface area contributed by atoms with Crippen molar-refractivity contribution in [1.82, 2.24) is 9.44 Å². The van der Waals surface area contributed by atoms with Crippen LogP contribution in [0.2, 0.25) is 0 Å². The maximum absolute atomic E-state index is 10.9. The first-order valence-corrected chi connectivity index (χ1v) is 5.42. The number of hydrogen-bond acceptors (Lipinski definition) is 4. The zero-order valence-corrected chi connectivity index (χ0v) is 8.74. The third kappa shape index (κ3) is 5.99. The Morgan fingerprint density at radius 2 is 1.87 bits per heavy atom. The van der Waals surface area contributed by atoms with Crippen molar-refractivity contribution in [1.29, 1.82) is 0 Å². The van der Waals surface area contributed by atoms with Crippen molar-refractivity contribution in [3.8, 4) is 0 Å². The summed E-state index contributed by atoms with van der Waals surface area (Å²) in [6.07, 6.45) is -0.741. The van der Waals surface area contributed by atoms with Gasteiger partial charge < -0.3 is 10.2 Å². The molecule has 0 aliphatic rings. The second kappa shape index (κ2) is 5.63. The summed E-state index contributed by atoms with van der Waals surface area (Å²) in [6.45, 7) is 0. The van der Waals surface area contributed by atoms with Crippen LogP contribution < -0.4 is 9.44 Å². The highest BCUT2D eigenvalue weighted by atomic mass is 32.2. The van der Waals surface area contributed by atoms with Crippen LogP contribution in [0.15, 0.2) is 0 Å². The third-order valence-corrected chi connectivity index (χ3v) is 2.64. The second-order valence-corrected chi connectivity index (χ2v) is 4.30. The quantitative estimate of drug-likeness (QED) is 0.421. The van der Waals surface area contributed by atoms with E-state index in [4.69, 9.17) is 10.2 Å². The van der Waals surface area contributed by atoms with Gasteiger partial charge in [-0.05, 0) is 6.42 Å². The molecule has 8 nitrogen and oxygen atoms in total. The van der Waals surface area contributed by atoms with E-state index in [0.29, 0.717) is 0 Å². The smallest absolute Gasteiger partial charge is 0.321 e. The predicted molar refractivity (Wildman–Crippen MR) is 49.4 cm³/mol. The van der Waals surface area contributed by atoms with Crippen LogP contribution in [0.3, 0.4) is 0 Å². The summed E-state index contributed by atoms with van der Waals surface area (Å²) in [5, 5.41) is 16.9. The fourth-order valence-corrected chi connectivity index (χ4v) is 1.46. The molecule has 88 valence electrons. The lowest BCUT2D eigenvalue weighted by Gasteiger charge is -2.12. The van der Waals surface area contributed by atoms with Crippen molar-refractivity contribution in [2.75, 3.05) is 7.05 Å². The zero-order valence-electron chi connectivity index (χ0n) is 7.93. The van der Waals surface area contributed by atoms with Crippen LogP contribution in [-0.4, -0.2) is 43.7 Å². The maximum atomic E-state index is 10.9. The predicted octanol–water partition coefficient (Wildman–Crippen LogP) is -1.64. The van der Waals surface area contributed by atoms with Crippen LogP contribution in [0.5, 0.6) is 0 Å². The van der Waals surface area contributed by atoms with Crippen molar-refractivity contribution >= 4 is 22.1 Å². The number of carboxylic acids is 2. The van der Waals surface area contributed by atoms with E-state index in [-0.39, 0.29) is 6.42 Å². The second-order valence-electron chi connectivity index (χ2n) is 2.65. The van der Waals surface area contributed by atoms with E-state index in [1.165, 1.54) is 0 Å². The summed E-state index contributed by atoms with van der Waals surface area (Å²) in [4.78, 5) is 20.7. The lowest BCUT2D eigenvalue weighted by molar-refractivity contribution is -0.140. The summed E-state index contributed by atoms with van der Waals surface area (Å²) in [7, 11) is -2.78. The van der Waals surface area contributed by atoms with Gasteiger partial charge in [0.05, 0.1) is 0 Å². The molecule has 0 radical (unpaired) electrons. The highest BCUT2D eigenvalue weighted by Gasteiger charge is 2.23. The molecule has 0 heterocycles. The molecule has 0 aromatic rings. The number of carbonyl (C=O) groups is 2. The van der Waals surface area contributed by atoms with Crippen molar-refractivity contribution < 1.29 is 28.2 Å². The molecular formula is C6H12N2O6S. The molecule has 0 aromatic carbocycles. The van der Waals surface area contributed by atoms with Gasteiger partial charge in [-0.15, -0.1) is 0 Å². The molecular weight excluding hydrogens is 228 g/mol. The number of hydrogen-bond donors (Lipinski definition) is 4. The average molecular weight is 240 g/mol. The van der Waals surface area contributed by atoms with Gasteiger partial charge in [-0.2, -0.15) is 13.1 Å². The van der Waals surface area contributed by atoms with Gasteiger partial charge in [0.15, 0.2) is 0 Å². The van der Waals surface area contributed by atoms with Crippen LogP contribution in [0.1, 0.15) is 12.8 Å². The Labute approximate surface area is 86.5 Å². The molecule has 4 N–H and O–H groups in total. The lowest BCUT2D eigenvalue weighted by atomic mass is 10.2. The summed E-state index contributed by atoms with van der Waals surface area (Å²) < 4.78 is 25.5. The number of carboxylic acid groups (broad SMARTS) is 2. The van der Waals surface area contributed by atoms with Crippen molar-refractivity contribution in [2.24, 2.45) is 0 Å². The topological polar surface area (TPSA) is 133 Å². The summed E-state index contributed by atoms with van der Waals surface area (Å²) in [5.74, 6) is -2.61. The molecule has 9 heteroatoms. The number of aliphatic carboxylic acids is 2.